The molecule has 0 amide bonds. The molecule has 1 heterocycles. The van der Waals surface area contributed by atoms with Gasteiger partial charge in [0.05, 0.1) is 0 Å². The van der Waals surface area contributed by atoms with E-state index in [0.29, 0.717) is 16.3 Å². The molecule has 3 aromatic rings. The first-order valence-electron chi connectivity index (χ1n) is 9.12. The van der Waals surface area contributed by atoms with E-state index in [2.05, 4.69) is 0 Å². The van der Waals surface area contributed by atoms with Crippen LogP contribution >= 0.6 is 11.6 Å². The van der Waals surface area contributed by atoms with Gasteiger partial charge >= 0.3 is 5.97 Å². The average molecular weight is 421 g/mol. The van der Waals surface area contributed by atoms with E-state index in [0.717, 1.165) is 33.9 Å². The number of ether oxygens (including phenoxy) is 1. The number of halogens is 1. The summed E-state index contributed by atoms with van der Waals surface area (Å²) in [5.74, 6) is -0.623. The maximum absolute atomic E-state index is 10.8. The summed E-state index contributed by atoms with van der Waals surface area (Å²) in [5.41, 5.74) is 4.32. The summed E-state index contributed by atoms with van der Waals surface area (Å²) in [6.07, 6.45) is 1.33. The Bertz CT molecular complexity index is 1160. The summed E-state index contributed by atoms with van der Waals surface area (Å²) in [6.45, 7) is 0. The number of carboxylic acids is 1. The zero-order valence-electron chi connectivity index (χ0n) is 15.6. The number of aliphatic carboxylic acids is 1. The molecule has 0 aromatic heterocycles. The van der Waals surface area contributed by atoms with E-state index in [-0.39, 0.29) is 5.75 Å². The second kappa shape index (κ2) is 8.06. The quantitative estimate of drug-likeness (QED) is 0.527. The van der Waals surface area contributed by atoms with Gasteiger partial charge in [0.1, 0.15) is 11.5 Å². The van der Waals surface area contributed by atoms with Gasteiger partial charge in [-0.1, -0.05) is 48.0 Å². The molecule has 0 aliphatic carbocycles. The number of hydrogen-bond acceptors (Lipinski definition) is 4. The molecule has 4 rings (SSSR count). The third-order valence-electron chi connectivity index (χ3n) is 4.76. The Balaban J connectivity index is 1.91. The van der Waals surface area contributed by atoms with E-state index in [4.69, 9.17) is 21.4 Å². The number of phenols is 1. The van der Waals surface area contributed by atoms with Crippen LogP contribution in [0.4, 0.5) is 0 Å². The molecule has 0 radical (unpaired) electrons. The minimum absolute atomic E-state index is 0.0319. The topological polar surface area (TPSA) is 87.0 Å². The number of aromatic hydroxyl groups is 1. The average Bonchev–Trinajstić information content (AvgIpc) is 2.72. The van der Waals surface area contributed by atoms with Gasteiger partial charge < -0.3 is 20.1 Å². The van der Waals surface area contributed by atoms with Crippen LogP contribution in [0.25, 0.3) is 17.2 Å². The van der Waals surface area contributed by atoms with Crippen LogP contribution in [0.15, 0.2) is 72.8 Å². The van der Waals surface area contributed by atoms with Gasteiger partial charge in [-0.3, -0.25) is 0 Å². The molecule has 0 spiro atoms. The largest absolute Gasteiger partial charge is 0.508 e. The van der Waals surface area contributed by atoms with Crippen LogP contribution < -0.4 is 4.74 Å². The minimum atomic E-state index is -1.25. The maximum Gasteiger partial charge on any atom is 0.328 e. The second-order valence-corrected chi connectivity index (χ2v) is 7.18. The molecular weight excluding hydrogens is 404 g/mol. The minimum Gasteiger partial charge on any atom is -0.508 e. The summed E-state index contributed by atoms with van der Waals surface area (Å²) in [7, 11) is 0. The molecule has 150 valence electrons. The number of hydrogen-bond donors (Lipinski definition) is 3. The summed E-state index contributed by atoms with van der Waals surface area (Å²) in [6, 6.07) is 19.1. The normalized spacial score (nSPS) is 15.7. The molecule has 1 atom stereocenters. The molecule has 1 aliphatic heterocycles. The molecule has 6 heteroatoms. The summed E-state index contributed by atoms with van der Waals surface area (Å²) in [5, 5.41) is 30.0. The number of fused-ring (bicyclic) bond motifs is 1. The highest BCUT2D eigenvalue weighted by Crippen LogP contribution is 2.44. The van der Waals surface area contributed by atoms with Crippen LogP contribution in [0.5, 0.6) is 11.5 Å². The number of phenolic OH excluding ortho intramolecular Hbond substituents is 1. The standard InChI is InChI=1S/C24H17ClO5/c25-17-8-6-16(7-9-17)23-22(15-4-1-14(2-5-15)3-12-21(27)28)19-11-10-18(26)13-20(19)30-24(23)29/h1-13,24,26,29H,(H,27,28). The van der Waals surface area contributed by atoms with Crippen molar-refractivity contribution in [2.75, 3.05) is 0 Å². The molecular formula is C24H17ClO5. The Kier molecular flexibility index (Phi) is 5.31. The number of carboxylic acid groups (broad SMARTS) is 1. The summed E-state index contributed by atoms with van der Waals surface area (Å²) >= 11 is 6.02. The second-order valence-electron chi connectivity index (χ2n) is 6.74. The third-order valence-corrected chi connectivity index (χ3v) is 5.01. The van der Waals surface area contributed by atoms with Crippen molar-refractivity contribution < 1.29 is 24.9 Å². The SMILES string of the molecule is O=C(O)C=Cc1ccc(C2=C(c3ccc(Cl)cc3)C(O)Oc3cc(O)ccc32)cc1. The van der Waals surface area contributed by atoms with Crippen LogP contribution in [0.2, 0.25) is 5.02 Å². The maximum atomic E-state index is 10.8. The van der Waals surface area contributed by atoms with Crippen LogP contribution in [0, 0.1) is 0 Å². The van der Waals surface area contributed by atoms with Crippen molar-refractivity contribution in [2.24, 2.45) is 0 Å². The lowest BCUT2D eigenvalue weighted by Gasteiger charge is -2.29. The van der Waals surface area contributed by atoms with Gasteiger partial charge in [-0.2, -0.15) is 0 Å². The van der Waals surface area contributed by atoms with E-state index < -0.39 is 12.3 Å². The Morgan fingerprint density at radius 1 is 0.967 bits per heavy atom. The predicted molar refractivity (Wildman–Crippen MR) is 115 cm³/mol. The fourth-order valence-electron chi connectivity index (χ4n) is 3.42. The fraction of sp³-hybridized carbons (Fsp3) is 0.0417. The van der Waals surface area contributed by atoms with Crippen molar-refractivity contribution in [1.82, 2.24) is 0 Å². The smallest absolute Gasteiger partial charge is 0.328 e. The lowest BCUT2D eigenvalue weighted by molar-refractivity contribution is -0.131. The first-order chi connectivity index (χ1) is 14.4. The number of carbonyl (C=O) groups is 1. The monoisotopic (exact) mass is 420 g/mol. The van der Waals surface area contributed by atoms with Crippen LogP contribution in [-0.4, -0.2) is 27.6 Å². The summed E-state index contributed by atoms with van der Waals surface area (Å²) < 4.78 is 5.68. The Labute approximate surface area is 177 Å². The summed E-state index contributed by atoms with van der Waals surface area (Å²) in [4.78, 5) is 10.7. The van der Waals surface area contributed by atoms with Crippen molar-refractivity contribution in [3.63, 3.8) is 0 Å². The van der Waals surface area contributed by atoms with Crippen molar-refractivity contribution >= 4 is 34.8 Å². The molecule has 0 saturated carbocycles. The number of aliphatic hydroxyl groups excluding tert-OH is 1. The highest BCUT2D eigenvalue weighted by molar-refractivity contribution is 6.30. The van der Waals surface area contributed by atoms with Gasteiger partial charge in [-0.25, -0.2) is 4.79 Å². The van der Waals surface area contributed by atoms with Gasteiger partial charge in [-0.05, 0) is 47.0 Å². The molecule has 0 fully saturated rings. The first kappa shape index (κ1) is 19.8. The van der Waals surface area contributed by atoms with Gasteiger partial charge in [0.15, 0.2) is 0 Å². The van der Waals surface area contributed by atoms with Crippen molar-refractivity contribution in [2.45, 2.75) is 6.29 Å². The molecule has 3 aromatic carbocycles. The first-order valence-corrected chi connectivity index (χ1v) is 9.50. The van der Waals surface area contributed by atoms with Crippen molar-refractivity contribution in [3.8, 4) is 11.5 Å². The third kappa shape index (κ3) is 3.94. The lowest BCUT2D eigenvalue weighted by atomic mass is 9.86. The molecule has 0 saturated heterocycles. The van der Waals surface area contributed by atoms with Gasteiger partial charge in [0.25, 0.3) is 0 Å². The zero-order valence-corrected chi connectivity index (χ0v) is 16.4. The number of aliphatic hydroxyl groups is 1. The Morgan fingerprint density at radius 2 is 1.63 bits per heavy atom. The van der Waals surface area contributed by atoms with E-state index in [1.165, 1.54) is 12.1 Å². The van der Waals surface area contributed by atoms with E-state index in [1.54, 1.807) is 48.5 Å². The Hall–Kier alpha value is -3.54. The fourth-order valence-corrected chi connectivity index (χ4v) is 3.54. The number of rotatable bonds is 4. The van der Waals surface area contributed by atoms with E-state index in [1.807, 2.05) is 12.1 Å². The Morgan fingerprint density at radius 3 is 2.30 bits per heavy atom. The zero-order chi connectivity index (χ0) is 21.3. The van der Waals surface area contributed by atoms with Crippen LogP contribution in [-0.2, 0) is 4.79 Å². The predicted octanol–water partition coefficient (Wildman–Crippen LogP) is 4.81. The van der Waals surface area contributed by atoms with Gasteiger partial charge in [0.2, 0.25) is 6.29 Å². The number of benzene rings is 3. The molecule has 3 N–H and O–H groups in total. The van der Waals surface area contributed by atoms with E-state index >= 15 is 0 Å². The van der Waals surface area contributed by atoms with E-state index in [9.17, 15) is 15.0 Å². The van der Waals surface area contributed by atoms with Crippen LogP contribution in [0.1, 0.15) is 22.3 Å². The van der Waals surface area contributed by atoms with Crippen molar-refractivity contribution in [1.29, 1.82) is 0 Å². The molecule has 30 heavy (non-hydrogen) atoms. The van der Waals surface area contributed by atoms with Crippen molar-refractivity contribution in [3.05, 3.63) is 100 Å². The molecule has 5 nitrogen and oxygen atoms in total. The molecule has 0 bridgehead atoms. The lowest BCUT2D eigenvalue weighted by Crippen LogP contribution is -2.23. The highest BCUT2D eigenvalue weighted by atomic mass is 35.5. The van der Waals surface area contributed by atoms with Crippen LogP contribution in [0.3, 0.4) is 0 Å². The molecule has 1 aliphatic rings. The van der Waals surface area contributed by atoms with Gasteiger partial charge in [-0.15, -0.1) is 0 Å². The molecule has 1 unspecified atom stereocenters. The highest BCUT2D eigenvalue weighted by Gasteiger charge is 2.29. The van der Waals surface area contributed by atoms with Gasteiger partial charge in [0, 0.05) is 33.9 Å².